The maximum atomic E-state index is 10.7. The normalized spacial score (nSPS) is 18.3. The molecule has 72 valence electrons. The molecule has 0 aromatic carbocycles. The molecule has 0 bridgehead atoms. The molecule has 0 aromatic heterocycles. The standard InChI is InChI=1S/C8H18N2O2/c1-6(12-4)8(2,10-3)5-7(9)11/h6,10H,5H2,1-4H3,(H2,9,11). The van der Waals surface area contributed by atoms with E-state index in [0.717, 1.165) is 0 Å². The van der Waals surface area contributed by atoms with Crippen LogP contribution in [0.4, 0.5) is 0 Å². The number of carbonyl (C=O) groups excluding carboxylic acids is 1. The fourth-order valence-corrected chi connectivity index (χ4v) is 1.06. The Balaban J connectivity index is 4.32. The number of nitrogens with one attached hydrogen (secondary N) is 1. The van der Waals surface area contributed by atoms with Crippen LogP contribution in [-0.2, 0) is 9.53 Å². The Kier molecular flexibility index (Phi) is 4.20. The minimum absolute atomic E-state index is 0.0463. The molecule has 2 atom stereocenters. The van der Waals surface area contributed by atoms with Gasteiger partial charge in [0.25, 0.3) is 0 Å². The maximum Gasteiger partial charge on any atom is 0.219 e. The third-order valence-corrected chi connectivity index (χ3v) is 2.36. The average molecular weight is 174 g/mol. The summed E-state index contributed by atoms with van der Waals surface area (Å²) in [6.07, 6.45) is 0.230. The van der Waals surface area contributed by atoms with Crippen molar-refractivity contribution >= 4 is 5.91 Å². The molecule has 0 saturated heterocycles. The Morgan fingerprint density at radius 1 is 1.75 bits per heavy atom. The minimum Gasteiger partial charge on any atom is -0.380 e. The molecule has 2 unspecified atom stereocenters. The van der Waals surface area contributed by atoms with Gasteiger partial charge in [-0.3, -0.25) is 4.79 Å². The summed E-state index contributed by atoms with van der Waals surface area (Å²) in [5.41, 5.74) is 4.74. The number of methoxy groups -OCH3 is 1. The van der Waals surface area contributed by atoms with Crippen LogP contribution in [0, 0.1) is 0 Å². The van der Waals surface area contributed by atoms with Gasteiger partial charge < -0.3 is 15.8 Å². The van der Waals surface area contributed by atoms with E-state index in [0.29, 0.717) is 0 Å². The van der Waals surface area contributed by atoms with Crippen molar-refractivity contribution in [1.82, 2.24) is 5.32 Å². The van der Waals surface area contributed by atoms with Crippen molar-refractivity contribution in [3.8, 4) is 0 Å². The maximum absolute atomic E-state index is 10.7. The summed E-state index contributed by atoms with van der Waals surface area (Å²) in [7, 11) is 3.40. The molecule has 0 rings (SSSR count). The molecule has 0 spiro atoms. The van der Waals surface area contributed by atoms with Crippen LogP contribution in [0.5, 0.6) is 0 Å². The first-order chi connectivity index (χ1) is 5.46. The molecule has 0 radical (unpaired) electrons. The number of hydrogen-bond donors (Lipinski definition) is 2. The van der Waals surface area contributed by atoms with Gasteiger partial charge >= 0.3 is 0 Å². The van der Waals surface area contributed by atoms with Gasteiger partial charge in [0.15, 0.2) is 0 Å². The largest absolute Gasteiger partial charge is 0.380 e. The van der Waals surface area contributed by atoms with E-state index >= 15 is 0 Å². The highest BCUT2D eigenvalue weighted by Gasteiger charge is 2.31. The number of carbonyl (C=O) groups is 1. The Morgan fingerprint density at radius 2 is 2.25 bits per heavy atom. The fourth-order valence-electron chi connectivity index (χ4n) is 1.06. The van der Waals surface area contributed by atoms with Crippen molar-refractivity contribution in [3.63, 3.8) is 0 Å². The summed E-state index contributed by atoms with van der Waals surface area (Å²) in [4.78, 5) is 10.7. The Hall–Kier alpha value is -0.610. The van der Waals surface area contributed by atoms with E-state index in [-0.39, 0.29) is 24.0 Å². The fraction of sp³-hybridized carbons (Fsp3) is 0.875. The number of primary amides is 1. The molecule has 3 N–H and O–H groups in total. The molecule has 1 amide bonds. The van der Waals surface area contributed by atoms with E-state index in [1.54, 1.807) is 14.2 Å². The van der Waals surface area contributed by atoms with E-state index in [2.05, 4.69) is 5.32 Å². The number of ether oxygens (including phenoxy) is 1. The van der Waals surface area contributed by atoms with Crippen molar-refractivity contribution in [2.45, 2.75) is 31.9 Å². The topological polar surface area (TPSA) is 64.3 Å². The van der Waals surface area contributed by atoms with Crippen LogP contribution in [-0.4, -0.2) is 31.7 Å². The zero-order valence-corrected chi connectivity index (χ0v) is 8.18. The Bertz CT molecular complexity index is 161. The molecule has 0 aliphatic rings. The molecule has 0 saturated carbocycles. The van der Waals surface area contributed by atoms with Crippen molar-refractivity contribution in [3.05, 3.63) is 0 Å². The number of amides is 1. The van der Waals surface area contributed by atoms with E-state index in [1.807, 2.05) is 13.8 Å². The van der Waals surface area contributed by atoms with Crippen molar-refractivity contribution < 1.29 is 9.53 Å². The third kappa shape index (κ3) is 2.79. The van der Waals surface area contributed by atoms with Crippen LogP contribution in [0.15, 0.2) is 0 Å². The monoisotopic (exact) mass is 174 g/mol. The van der Waals surface area contributed by atoms with Crippen LogP contribution in [0.1, 0.15) is 20.3 Å². The first kappa shape index (κ1) is 11.4. The van der Waals surface area contributed by atoms with Gasteiger partial charge in [-0.1, -0.05) is 0 Å². The molecule has 0 heterocycles. The highest BCUT2D eigenvalue weighted by Crippen LogP contribution is 2.16. The molecule has 0 aromatic rings. The summed E-state index contributed by atoms with van der Waals surface area (Å²) in [6, 6.07) is 0. The summed E-state index contributed by atoms with van der Waals surface area (Å²) >= 11 is 0. The van der Waals surface area contributed by atoms with Gasteiger partial charge in [-0.05, 0) is 20.9 Å². The van der Waals surface area contributed by atoms with E-state index in [9.17, 15) is 4.79 Å². The average Bonchev–Trinajstić information content (AvgIpc) is 2.01. The molecule has 0 fully saturated rings. The highest BCUT2D eigenvalue weighted by atomic mass is 16.5. The molecule has 0 aliphatic carbocycles. The predicted molar refractivity (Wildman–Crippen MR) is 47.7 cm³/mol. The van der Waals surface area contributed by atoms with E-state index in [4.69, 9.17) is 10.5 Å². The zero-order chi connectivity index (χ0) is 9.78. The van der Waals surface area contributed by atoms with E-state index < -0.39 is 0 Å². The highest BCUT2D eigenvalue weighted by molar-refractivity contribution is 5.75. The molecule has 4 heteroatoms. The number of nitrogens with two attached hydrogens (primary N) is 1. The second kappa shape index (κ2) is 4.42. The lowest BCUT2D eigenvalue weighted by molar-refractivity contribution is -0.120. The SMILES string of the molecule is CNC(C)(CC(N)=O)C(C)OC. The molecule has 4 nitrogen and oxygen atoms in total. The first-order valence-electron chi connectivity index (χ1n) is 3.96. The molecule has 12 heavy (non-hydrogen) atoms. The Morgan fingerprint density at radius 3 is 2.50 bits per heavy atom. The molecular weight excluding hydrogens is 156 g/mol. The molecule has 0 aliphatic heterocycles. The second-order valence-electron chi connectivity index (χ2n) is 3.19. The van der Waals surface area contributed by atoms with Gasteiger partial charge in [0, 0.05) is 19.1 Å². The lowest BCUT2D eigenvalue weighted by atomic mass is 9.91. The van der Waals surface area contributed by atoms with Crippen molar-refractivity contribution in [2.75, 3.05) is 14.2 Å². The molecular formula is C8H18N2O2. The number of hydrogen-bond acceptors (Lipinski definition) is 3. The lowest BCUT2D eigenvalue weighted by Gasteiger charge is -2.33. The van der Waals surface area contributed by atoms with Crippen LogP contribution < -0.4 is 11.1 Å². The van der Waals surface area contributed by atoms with Crippen LogP contribution in [0.25, 0.3) is 0 Å². The summed E-state index contributed by atoms with van der Waals surface area (Å²) in [5, 5.41) is 3.03. The van der Waals surface area contributed by atoms with Gasteiger partial charge in [-0.15, -0.1) is 0 Å². The quantitative estimate of drug-likeness (QED) is 0.610. The van der Waals surface area contributed by atoms with Crippen molar-refractivity contribution in [2.24, 2.45) is 5.73 Å². The van der Waals surface area contributed by atoms with Gasteiger partial charge in [0.1, 0.15) is 0 Å². The van der Waals surface area contributed by atoms with Crippen LogP contribution >= 0.6 is 0 Å². The van der Waals surface area contributed by atoms with Gasteiger partial charge in [-0.2, -0.15) is 0 Å². The number of rotatable bonds is 5. The van der Waals surface area contributed by atoms with Gasteiger partial charge in [0.2, 0.25) is 5.91 Å². The van der Waals surface area contributed by atoms with Crippen LogP contribution in [0.3, 0.4) is 0 Å². The van der Waals surface area contributed by atoms with E-state index in [1.165, 1.54) is 0 Å². The lowest BCUT2D eigenvalue weighted by Crippen LogP contribution is -2.52. The Labute approximate surface area is 73.5 Å². The third-order valence-electron chi connectivity index (χ3n) is 2.36. The smallest absolute Gasteiger partial charge is 0.219 e. The van der Waals surface area contributed by atoms with Crippen molar-refractivity contribution in [1.29, 1.82) is 0 Å². The number of likely N-dealkylation sites (N-methyl/N-ethyl adjacent to an activating group) is 1. The zero-order valence-electron chi connectivity index (χ0n) is 8.18. The summed E-state index contributed by atoms with van der Waals surface area (Å²) in [6.45, 7) is 3.81. The predicted octanol–water partition coefficient (Wildman–Crippen LogP) is -0.125. The first-order valence-corrected chi connectivity index (χ1v) is 3.96. The summed E-state index contributed by atoms with van der Waals surface area (Å²) in [5.74, 6) is -0.323. The van der Waals surface area contributed by atoms with Gasteiger partial charge in [0.05, 0.1) is 6.10 Å². The van der Waals surface area contributed by atoms with Crippen LogP contribution in [0.2, 0.25) is 0 Å². The second-order valence-corrected chi connectivity index (χ2v) is 3.19. The minimum atomic E-state index is -0.374. The van der Waals surface area contributed by atoms with Gasteiger partial charge in [-0.25, -0.2) is 0 Å². The summed E-state index contributed by atoms with van der Waals surface area (Å²) < 4.78 is 5.14.